The zero-order valence-corrected chi connectivity index (χ0v) is 7.70. The Morgan fingerprint density at radius 2 is 1.92 bits per heavy atom. The van der Waals surface area contributed by atoms with Crippen LogP contribution in [0.1, 0.15) is 20.8 Å². The smallest absolute Gasteiger partial charge is 0.231 e. The second-order valence-electron chi connectivity index (χ2n) is 2.89. The molecule has 0 saturated carbocycles. The Labute approximate surface area is 72.2 Å². The third kappa shape index (κ3) is 3.00. The maximum Gasteiger partial charge on any atom is 0.231 e. The molecular formula is C8H15NO3. The maximum atomic E-state index is 11.3. The van der Waals surface area contributed by atoms with Crippen molar-refractivity contribution in [2.75, 3.05) is 13.2 Å². The summed E-state index contributed by atoms with van der Waals surface area (Å²) < 4.78 is 0. The monoisotopic (exact) mass is 173 g/mol. The van der Waals surface area contributed by atoms with Gasteiger partial charge >= 0.3 is 0 Å². The summed E-state index contributed by atoms with van der Waals surface area (Å²) in [6, 6.07) is 0. The van der Waals surface area contributed by atoms with Gasteiger partial charge in [-0.2, -0.15) is 0 Å². The third-order valence-electron chi connectivity index (χ3n) is 1.46. The van der Waals surface area contributed by atoms with E-state index in [9.17, 15) is 9.59 Å². The van der Waals surface area contributed by atoms with Gasteiger partial charge in [-0.1, -0.05) is 13.8 Å². The van der Waals surface area contributed by atoms with Crippen molar-refractivity contribution >= 4 is 11.8 Å². The molecule has 0 fully saturated rings. The molecule has 12 heavy (non-hydrogen) atoms. The summed E-state index contributed by atoms with van der Waals surface area (Å²) in [5.41, 5.74) is 0. The minimum atomic E-state index is -0.317. The van der Waals surface area contributed by atoms with Crippen LogP contribution in [-0.2, 0) is 9.59 Å². The van der Waals surface area contributed by atoms with E-state index in [1.807, 2.05) is 0 Å². The van der Waals surface area contributed by atoms with E-state index in [1.165, 1.54) is 6.92 Å². The van der Waals surface area contributed by atoms with Crippen LogP contribution in [0.3, 0.4) is 0 Å². The highest BCUT2D eigenvalue weighted by Gasteiger charge is 2.19. The van der Waals surface area contributed by atoms with Gasteiger partial charge < -0.3 is 5.11 Å². The molecule has 1 N–H and O–H groups in total. The number of hydrogen-bond donors (Lipinski definition) is 1. The number of imide groups is 1. The van der Waals surface area contributed by atoms with Gasteiger partial charge in [0.1, 0.15) is 0 Å². The van der Waals surface area contributed by atoms with Crippen LogP contribution in [0.2, 0.25) is 0 Å². The highest BCUT2D eigenvalue weighted by atomic mass is 16.3. The quantitative estimate of drug-likeness (QED) is 0.654. The fourth-order valence-corrected chi connectivity index (χ4v) is 0.834. The molecular weight excluding hydrogens is 158 g/mol. The molecule has 0 rings (SSSR count). The van der Waals surface area contributed by atoms with Crippen LogP contribution in [-0.4, -0.2) is 35.0 Å². The van der Waals surface area contributed by atoms with Gasteiger partial charge in [0.25, 0.3) is 0 Å². The Balaban J connectivity index is 4.30. The lowest BCUT2D eigenvalue weighted by Crippen LogP contribution is -2.39. The van der Waals surface area contributed by atoms with Crippen LogP contribution in [0, 0.1) is 5.92 Å². The van der Waals surface area contributed by atoms with E-state index in [0.29, 0.717) is 0 Å². The first-order valence-electron chi connectivity index (χ1n) is 3.93. The number of amides is 2. The van der Waals surface area contributed by atoms with Gasteiger partial charge in [-0.25, -0.2) is 0 Å². The van der Waals surface area contributed by atoms with Crippen LogP contribution in [0.5, 0.6) is 0 Å². The molecule has 4 nitrogen and oxygen atoms in total. The van der Waals surface area contributed by atoms with Crippen LogP contribution in [0.4, 0.5) is 0 Å². The first-order valence-corrected chi connectivity index (χ1v) is 3.93. The summed E-state index contributed by atoms with van der Waals surface area (Å²) in [5.74, 6) is -0.764. The van der Waals surface area contributed by atoms with E-state index in [2.05, 4.69) is 0 Å². The number of hydrogen-bond acceptors (Lipinski definition) is 3. The van der Waals surface area contributed by atoms with Crippen molar-refractivity contribution in [2.45, 2.75) is 20.8 Å². The molecule has 2 amide bonds. The number of carbonyl (C=O) groups is 2. The average Bonchev–Trinajstić information content (AvgIpc) is 1.98. The molecule has 0 aromatic rings. The fourth-order valence-electron chi connectivity index (χ4n) is 0.834. The number of aliphatic hydroxyl groups excluding tert-OH is 1. The van der Waals surface area contributed by atoms with Gasteiger partial charge in [-0.05, 0) is 0 Å². The summed E-state index contributed by atoms with van der Waals surface area (Å²) in [7, 11) is 0. The predicted octanol–water partition coefficient (Wildman–Crippen LogP) is 0.00980. The molecule has 0 aromatic carbocycles. The molecule has 0 heterocycles. The molecule has 0 saturated heterocycles. The Kier molecular flexibility index (Phi) is 4.51. The second kappa shape index (κ2) is 4.87. The van der Waals surface area contributed by atoms with Gasteiger partial charge in [0, 0.05) is 12.8 Å². The molecule has 0 spiro atoms. The van der Waals surface area contributed by atoms with E-state index in [0.717, 1.165) is 4.90 Å². The van der Waals surface area contributed by atoms with E-state index in [1.54, 1.807) is 13.8 Å². The first kappa shape index (κ1) is 11.1. The van der Waals surface area contributed by atoms with Crippen molar-refractivity contribution in [3.05, 3.63) is 0 Å². The lowest BCUT2D eigenvalue weighted by Gasteiger charge is -2.19. The molecule has 0 aromatic heterocycles. The zero-order valence-electron chi connectivity index (χ0n) is 7.70. The molecule has 4 heteroatoms. The molecule has 0 aliphatic rings. The first-order chi connectivity index (χ1) is 5.50. The summed E-state index contributed by atoms with van der Waals surface area (Å²) in [4.78, 5) is 23.2. The maximum absolute atomic E-state index is 11.3. The lowest BCUT2D eigenvalue weighted by molar-refractivity contribution is -0.146. The summed E-state index contributed by atoms with van der Waals surface area (Å²) in [6.07, 6.45) is 0. The highest BCUT2D eigenvalue weighted by molar-refractivity contribution is 5.94. The summed E-state index contributed by atoms with van der Waals surface area (Å²) in [5, 5.41) is 8.57. The zero-order chi connectivity index (χ0) is 9.72. The molecule has 0 unspecified atom stereocenters. The SMILES string of the molecule is CC(=O)N(CCO)C(=O)C(C)C. The Hall–Kier alpha value is -0.900. The number of nitrogens with zero attached hydrogens (tertiary/aromatic N) is 1. The minimum absolute atomic E-state index is 0.0896. The van der Waals surface area contributed by atoms with Crippen LogP contribution in [0.25, 0.3) is 0 Å². The van der Waals surface area contributed by atoms with Crippen molar-refractivity contribution in [1.82, 2.24) is 4.90 Å². The Morgan fingerprint density at radius 3 is 2.17 bits per heavy atom. The van der Waals surface area contributed by atoms with E-state index < -0.39 is 0 Å². The molecule has 0 bridgehead atoms. The Bertz CT molecular complexity index is 177. The van der Waals surface area contributed by atoms with E-state index >= 15 is 0 Å². The van der Waals surface area contributed by atoms with Crippen LogP contribution < -0.4 is 0 Å². The molecule has 0 aliphatic carbocycles. The minimum Gasteiger partial charge on any atom is -0.395 e. The van der Waals surface area contributed by atoms with Crippen LogP contribution >= 0.6 is 0 Å². The Morgan fingerprint density at radius 1 is 1.42 bits per heavy atom. The number of rotatable bonds is 3. The number of carbonyl (C=O) groups excluding carboxylic acids is 2. The van der Waals surface area contributed by atoms with Crippen molar-refractivity contribution < 1.29 is 14.7 Å². The molecule has 0 radical (unpaired) electrons. The fraction of sp³-hybridized carbons (Fsp3) is 0.750. The third-order valence-corrected chi connectivity index (χ3v) is 1.46. The van der Waals surface area contributed by atoms with E-state index in [4.69, 9.17) is 5.11 Å². The average molecular weight is 173 g/mol. The highest BCUT2D eigenvalue weighted by Crippen LogP contribution is 2.01. The largest absolute Gasteiger partial charge is 0.395 e. The molecule has 70 valence electrons. The predicted molar refractivity (Wildman–Crippen MR) is 44.3 cm³/mol. The van der Waals surface area contributed by atoms with Gasteiger partial charge in [0.05, 0.1) is 13.2 Å². The standard InChI is InChI=1S/C8H15NO3/c1-6(2)8(12)9(4-5-10)7(3)11/h6,10H,4-5H2,1-3H3. The topological polar surface area (TPSA) is 57.6 Å². The van der Waals surface area contributed by atoms with Crippen molar-refractivity contribution in [3.8, 4) is 0 Å². The van der Waals surface area contributed by atoms with E-state index in [-0.39, 0.29) is 30.9 Å². The normalized spacial score (nSPS) is 10.1. The van der Waals surface area contributed by atoms with Crippen molar-refractivity contribution in [2.24, 2.45) is 5.92 Å². The van der Waals surface area contributed by atoms with Crippen molar-refractivity contribution in [1.29, 1.82) is 0 Å². The lowest BCUT2D eigenvalue weighted by atomic mass is 10.2. The summed E-state index contributed by atoms with van der Waals surface area (Å²) >= 11 is 0. The molecule has 0 atom stereocenters. The van der Waals surface area contributed by atoms with Gasteiger partial charge in [0.2, 0.25) is 11.8 Å². The van der Waals surface area contributed by atoms with Crippen LogP contribution in [0.15, 0.2) is 0 Å². The van der Waals surface area contributed by atoms with Gasteiger partial charge in [0.15, 0.2) is 0 Å². The van der Waals surface area contributed by atoms with Gasteiger partial charge in [-0.3, -0.25) is 14.5 Å². The molecule has 0 aliphatic heterocycles. The number of aliphatic hydroxyl groups is 1. The van der Waals surface area contributed by atoms with Crippen molar-refractivity contribution in [3.63, 3.8) is 0 Å². The second-order valence-corrected chi connectivity index (χ2v) is 2.89. The summed E-state index contributed by atoms with van der Waals surface area (Å²) in [6.45, 7) is 4.66. The van der Waals surface area contributed by atoms with Gasteiger partial charge in [-0.15, -0.1) is 0 Å².